The van der Waals surface area contributed by atoms with Gasteiger partial charge in [0, 0.05) is 38.8 Å². The maximum atomic E-state index is 3.38. The Morgan fingerprint density at radius 3 is 2.06 bits per heavy atom. The van der Waals surface area contributed by atoms with Crippen molar-refractivity contribution in [3.63, 3.8) is 0 Å². The Labute approximate surface area is 101 Å². The molecule has 0 saturated carbocycles. The normalized spacial score (nSPS) is 22.3. The van der Waals surface area contributed by atoms with Gasteiger partial charge in [-0.3, -0.25) is 0 Å². The van der Waals surface area contributed by atoms with Crippen LogP contribution in [0.2, 0.25) is 0 Å². The third-order valence-electron chi connectivity index (χ3n) is 4.15. The molecule has 1 heterocycles. The second-order valence-corrected chi connectivity index (χ2v) is 5.71. The van der Waals surface area contributed by atoms with Crippen molar-refractivity contribution in [2.45, 2.75) is 33.7 Å². The van der Waals surface area contributed by atoms with Crippen LogP contribution in [0.1, 0.15) is 27.7 Å². The lowest BCUT2D eigenvalue weighted by atomic mass is 9.84. The highest BCUT2D eigenvalue weighted by atomic mass is 15.3. The molecular formula is C13H29N3. The van der Waals surface area contributed by atoms with Gasteiger partial charge in [-0.05, 0) is 25.9 Å². The summed E-state index contributed by atoms with van der Waals surface area (Å²) >= 11 is 0. The van der Waals surface area contributed by atoms with E-state index in [2.05, 4.69) is 49.9 Å². The Bertz CT molecular complexity index is 195. The summed E-state index contributed by atoms with van der Waals surface area (Å²) in [6, 6.07) is 0.566. The molecule has 1 unspecified atom stereocenters. The SMILES string of the molecule is CCN1CCN(CC(C)(C)C(C)NC)CC1. The summed E-state index contributed by atoms with van der Waals surface area (Å²) in [6.07, 6.45) is 0. The minimum absolute atomic E-state index is 0.350. The molecule has 0 aromatic rings. The molecular weight excluding hydrogens is 198 g/mol. The van der Waals surface area contributed by atoms with Gasteiger partial charge >= 0.3 is 0 Å². The minimum atomic E-state index is 0.350. The highest BCUT2D eigenvalue weighted by Crippen LogP contribution is 2.22. The van der Waals surface area contributed by atoms with E-state index in [0.717, 1.165) is 0 Å². The van der Waals surface area contributed by atoms with Gasteiger partial charge in [0.05, 0.1) is 0 Å². The maximum Gasteiger partial charge on any atom is 0.0110 e. The molecule has 1 saturated heterocycles. The van der Waals surface area contributed by atoms with Crippen LogP contribution in [0.3, 0.4) is 0 Å². The topological polar surface area (TPSA) is 18.5 Å². The van der Waals surface area contributed by atoms with E-state index in [1.54, 1.807) is 0 Å². The molecule has 1 aliphatic heterocycles. The highest BCUT2D eigenvalue weighted by molar-refractivity contribution is 4.84. The van der Waals surface area contributed by atoms with Crippen LogP contribution >= 0.6 is 0 Å². The van der Waals surface area contributed by atoms with Crippen LogP contribution in [-0.2, 0) is 0 Å². The molecule has 1 N–H and O–H groups in total. The predicted molar refractivity (Wildman–Crippen MR) is 70.9 cm³/mol. The van der Waals surface area contributed by atoms with Gasteiger partial charge in [-0.1, -0.05) is 20.8 Å². The molecule has 3 nitrogen and oxygen atoms in total. The maximum absolute atomic E-state index is 3.38. The number of likely N-dealkylation sites (N-methyl/N-ethyl adjacent to an activating group) is 1. The number of hydrogen-bond donors (Lipinski definition) is 1. The first-order valence-electron chi connectivity index (χ1n) is 6.61. The average Bonchev–Trinajstić information content (AvgIpc) is 2.28. The van der Waals surface area contributed by atoms with Crippen molar-refractivity contribution >= 4 is 0 Å². The fourth-order valence-electron chi connectivity index (χ4n) is 2.37. The molecule has 1 atom stereocenters. The van der Waals surface area contributed by atoms with Crippen molar-refractivity contribution in [1.82, 2.24) is 15.1 Å². The van der Waals surface area contributed by atoms with E-state index in [1.165, 1.54) is 39.3 Å². The molecule has 1 aliphatic rings. The molecule has 0 bridgehead atoms. The zero-order chi connectivity index (χ0) is 12.2. The van der Waals surface area contributed by atoms with Crippen LogP contribution in [0.4, 0.5) is 0 Å². The van der Waals surface area contributed by atoms with Crippen LogP contribution in [0.15, 0.2) is 0 Å². The van der Waals surface area contributed by atoms with Crippen molar-refractivity contribution in [1.29, 1.82) is 0 Å². The average molecular weight is 227 g/mol. The lowest BCUT2D eigenvalue weighted by molar-refractivity contribution is 0.0870. The van der Waals surface area contributed by atoms with Crippen molar-refractivity contribution in [3.05, 3.63) is 0 Å². The van der Waals surface area contributed by atoms with Gasteiger partial charge in [0.25, 0.3) is 0 Å². The van der Waals surface area contributed by atoms with E-state index in [-0.39, 0.29) is 0 Å². The highest BCUT2D eigenvalue weighted by Gasteiger charge is 2.28. The summed E-state index contributed by atoms with van der Waals surface area (Å²) < 4.78 is 0. The van der Waals surface area contributed by atoms with E-state index in [0.29, 0.717) is 11.5 Å². The predicted octanol–water partition coefficient (Wildman–Crippen LogP) is 1.26. The molecule has 1 rings (SSSR count). The number of hydrogen-bond acceptors (Lipinski definition) is 3. The van der Waals surface area contributed by atoms with Gasteiger partial charge in [0.15, 0.2) is 0 Å². The molecule has 0 aliphatic carbocycles. The van der Waals surface area contributed by atoms with Crippen molar-refractivity contribution in [2.75, 3.05) is 46.3 Å². The minimum Gasteiger partial charge on any atom is -0.317 e. The van der Waals surface area contributed by atoms with E-state index in [4.69, 9.17) is 0 Å². The molecule has 1 fully saturated rings. The fourth-order valence-corrected chi connectivity index (χ4v) is 2.37. The monoisotopic (exact) mass is 227 g/mol. The first-order valence-corrected chi connectivity index (χ1v) is 6.61. The molecule has 3 heteroatoms. The molecule has 0 radical (unpaired) electrons. The first kappa shape index (κ1) is 13.9. The van der Waals surface area contributed by atoms with Crippen molar-refractivity contribution < 1.29 is 0 Å². The van der Waals surface area contributed by atoms with Crippen molar-refractivity contribution in [2.24, 2.45) is 5.41 Å². The summed E-state index contributed by atoms with van der Waals surface area (Å²) in [5.74, 6) is 0. The fraction of sp³-hybridized carbons (Fsp3) is 1.00. The van der Waals surface area contributed by atoms with Gasteiger partial charge < -0.3 is 15.1 Å². The second-order valence-electron chi connectivity index (χ2n) is 5.71. The van der Waals surface area contributed by atoms with E-state index in [1.807, 2.05) is 0 Å². The largest absolute Gasteiger partial charge is 0.317 e. The van der Waals surface area contributed by atoms with E-state index in [9.17, 15) is 0 Å². The van der Waals surface area contributed by atoms with E-state index < -0.39 is 0 Å². The van der Waals surface area contributed by atoms with Crippen LogP contribution in [0.5, 0.6) is 0 Å². The van der Waals surface area contributed by atoms with Crippen LogP contribution in [-0.4, -0.2) is 62.2 Å². The lowest BCUT2D eigenvalue weighted by Crippen LogP contribution is -2.52. The van der Waals surface area contributed by atoms with Crippen molar-refractivity contribution in [3.8, 4) is 0 Å². The Morgan fingerprint density at radius 1 is 1.12 bits per heavy atom. The molecule has 0 aromatic heterocycles. The third kappa shape index (κ3) is 3.72. The summed E-state index contributed by atoms with van der Waals surface area (Å²) in [6.45, 7) is 16.6. The van der Waals surface area contributed by atoms with Gasteiger partial charge in [-0.15, -0.1) is 0 Å². The standard InChI is InChI=1S/C13H29N3/c1-6-15-7-9-16(10-8-15)11-13(3,4)12(2)14-5/h12,14H,6-11H2,1-5H3. The molecule has 0 amide bonds. The van der Waals surface area contributed by atoms with Gasteiger partial charge in [-0.2, -0.15) is 0 Å². The quantitative estimate of drug-likeness (QED) is 0.763. The van der Waals surface area contributed by atoms with Crippen LogP contribution < -0.4 is 5.32 Å². The van der Waals surface area contributed by atoms with E-state index >= 15 is 0 Å². The number of nitrogens with zero attached hydrogens (tertiary/aromatic N) is 2. The van der Waals surface area contributed by atoms with Gasteiger partial charge in [0.2, 0.25) is 0 Å². The number of rotatable bonds is 5. The summed E-state index contributed by atoms with van der Waals surface area (Å²) in [7, 11) is 2.06. The van der Waals surface area contributed by atoms with Crippen LogP contribution in [0, 0.1) is 5.41 Å². The molecule has 16 heavy (non-hydrogen) atoms. The summed E-state index contributed by atoms with van der Waals surface area (Å²) in [4.78, 5) is 5.14. The Hall–Kier alpha value is -0.120. The Morgan fingerprint density at radius 2 is 1.62 bits per heavy atom. The Kier molecular flexibility index (Phi) is 5.22. The zero-order valence-corrected chi connectivity index (χ0v) is 11.7. The molecule has 0 spiro atoms. The van der Waals surface area contributed by atoms with Gasteiger partial charge in [0.1, 0.15) is 0 Å². The summed E-state index contributed by atoms with van der Waals surface area (Å²) in [5.41, 5.74) is 0.350. The van der Waals surface area contributed by atoms with Gasteiger partial charge in [-0.25, -0.2) is 0 Å². The first-order chi connectivity index (χ1) is 7.49. The molecule has 96 valence electrons. The second kappa shape index (κ2) is 5.99. The summed E-state index contributed by atoms with van der Waals surface area (Å²) in [5, 5.41) is 3.38. The van der Waals surface area contributed by atoms with Crippen LogP contribution in [0.25, 0.3) is 0 Å². The third-order valence-corrected chi connectivity index (χ3v) is 4.15. The molecule has 0 aromatic carbocycles. The lowest BCUT2D eigenvalue weighted by Gasteiger charge is -2.41. The number of nitrogens with one attached hydrogen (secondary N) is 1. The Balaban J connectivity index is 2.38. The zero-order valence-electron chi connectivity index (χ0n) is 11.7. The number of piperazine rings is 1. The smallest absolute Gasteiger partial charge is 0.0110 e.